The van der Waals surface area contributed by atoms with Crippen molar-refractivity contribution in [3.05, 3.63) is 65.2 Å². The molecule has 0 spiro atoms. The van der Waals surface area contributed by atoms with Gasteiger partial charge in [-0.3, -0.25) is 19.3 Å². The summed E-state index contributed by atoms with van der Waals surface area (Å²) in [6.45, 7) is 0.676. The molecule has 3 amide bonds. The Labute approximate surface area is 145 Å². The second kappa shape index (κ2) is 7.17. The molecule has 6 nitrogen and oxygen atoms in total. The molecule has 0 aromatic heterocycles. The van der Waals surface area contributed by atoms with Gasteiger partial charge in [0, 0.05) is 19.2 Å². The average Bonchev–Trinajstić information content (AvgIpc) is 2.90. The second-order valence-corrected chi connectivity index (χ2v) is 5.61. The van der Waals surface area contributed by atoms with Crippen LogP contribution in [0, 0.1) is 0 Å². The molecule has 1 aliphatic rings. The number of carbonyl (C=O) groups is 3. The fourth-order valence-electron chi connectivity index (χ4n) is 2.70. The zero-order chi connectivity index (χ0) is 17.8. The predicted octanol–water partition coefficient (Wildman–Crippen LogP) is 2.11. The lowest BCUT2D eigenvalue weighted by Gasteiger charge is -2.14. The monoisotopic (exact) mass is 338 g/mol. The molecular weight excluding hydrogens is 320 g/mol. The third kappa shape index (κ3) is 3.38. The summed E-state index contributed by atoms with van der Waals surface area (Å²) >= 11 is 0. The van der Waals surface area contributed by atoms with Crippen molar-refractivity contribution >= 4 is 17.7 Å². The Bertz CT molecular complexity index is 779. The van der Waals surface area contributed by atoms with Crippen LogP contribution in [-0.4, -0.2) is 42.8 Å². The number of hydrogen-bond donors (Lipinski definition) is 1. The Morgan fingerprint density at radius 3 is 2.16 bits per heavy atom. The lowest BCUT2D eigenvalue weighted by atomic mass is 10.1. The summed E-state index contributed by atoms with van der Waals surface area (Å²) in [4.78, 5) is 37.2. The van der Waals surface area contributed by atoms with Crippen LogP contribution in [0.25, 0.3) is 0 Å². The molecule has 0 atom stereocenters. The lowest BCUT2D eigenvalue weighted by molar-refractivity contribution is 0.0646. The highest BCUT2D eigenvalue weighted by molar-refractivity contribution is 6.21. The SMILES string of the molecule is CNC(=O)c1ccc(OCCCN2C(=O)c3ccccc3C2=O)cc1. The van der Waals surface area contributed by atoms with Crippen LogP contribution in [0.3, 0.4) is 0 Å². The zero-order valence-electron chi connectivity index (χ0n) is 13.8. The minimum Gasteiger partial charge on any atom is -0.494 e. The maximum absolute atomic E-state index is 12.2. The van der Waals surface area contributed by atoms with E-state index in [2.05, 4.69) is 5.32 Å². The molecule has 128 valence electrons. The van der Waals surface area contributed by atoms with Gasteiger partial charge in [-0.25, -0.2) is 0 Å². The van der Waals surface area contributed by atoms with Crippen LogP contribution < -0.4 is 10.1 Å². The van der Waals surface area contributed by atoms with Gasteiger partial charge in [-0.05, 0) is 42.8 Å². The third-order valence-corrected chi connectivity index (χ3v) is 4.02. The van der Waals surface area contributed by atoms with E-state index in [9.17, 15) is 14.4 Å². The molecule has 0 unspecified atom stereocenters. The molecule has 1 aliphatic heterocycles. The number of fused-ring (bicyclic) bond motifs is 1. The number of amides is 3. The summed E-state index contributed by atoms with van der Waals surface area (Å²) < 4.78 is 5.60. The Hall–Kier alpha value is -3.15. The first-order chi connectivity index (χ1) is 12.1. The molecule has 3 rings (SSSR count). The molecule has 0 fully saturated rings. The highest BCUT2D eigenvalue weighted by atomic mass is 16.5. The largest absolute Gasteiger partial charge is 0.494 e. The Morgan fingerprint density at radius 2 is 1.60 bits per heavy atom. The van der Waals surface area contributed by atoms with Gasteiger partial charge < -0.3 is 10.1 Å². The van der Waals surface area contributed by atoms with Crippen molar-refractivity contribution in [1.29, 1.82) is 0 Å². The minimum absolute atomic E-state index is 0.155. The highest BCUT2D eigenvalue weighted by Crippen LogP contribution is 2.22. The Morgan fingerprint density at radius 1 is 1.00 bits per heavy atom. The zero-order valence-corrected chi connectivity index (χ0v) is 13.8. The van der Waals surface area contributed by atoms with Crippen molar-refractivity contribution in [2.75, 3.05) is 20.2 Å². The van der Waals surface area contributed by atoms with Crippen molar-refractivity contribution < 1.29 is 19.1 Å². The number of nitrogens with one attached hydrogen (secondary N) is 1. The summed E-state index contributed by atoms with van der Waals surface area (Å²) in [5.74, 6) is -0.0294. The molecule has 0 saturated heterocycles. The van der Waals surface area contributed by atoms with E-state index in [1.54, 1.807) is 55.6 Å². The summed E-state index contributed by atoms with van der Waals surface area (Å²) in [5, 5.41) is 2.55. The van der Waals surface area contributed by atoms with Gasteiger partial charge in [-0.15, -0.1) is 0 Å². The molecule has 0 bridgehead atoms. The Balaban J connectivity index is 1.50. The molecule has 0 aliphatic carbocycles. The Kier molecular flexibility index (Phi) is 4.79. The van der Waals surface area contributed by atoms with E-state index < -0.39 is 0 Å². The van der Waals surface area contributed by atoms with Crippen molar-refractivity contribution in [3.8, 4) is 5.75 Å². The molecule has 0 saturated carbocycles. The van der Waals surface area contributed by atoms with Gasteiger partial charge in [0.15, 0.2) is 0 Å². The van der Waals surface area contributed by atoms with Crippen LogP contribution in [-0.2, 0) is 0 Å². The van der Waals surface area contributed by atoms with Crippen molar-refractivity contribution in [2.45, 2.75) is 6.42 Å². The van der Waals surface area contributed by atoms with Crippen molar-refractivity contribution in [3.63, 3.8) is 0 Å². The summed E-state index contributed by atoms with van der Waals surface area (Å²) in [6.07, 6.45) is 0.530. The molecule has 0 radical (unpaired) electrons. The van der Waals surface area contributed by atoms with Crippen LogP contribution in [0.15, 0.2) is 48.5 Å². The van der Waals surface area contributed by atoms with Crippen LogP contribution in [0.5, 0.6) is 5.75 Å². The fourth-order valence-corrected chi connectivity index (χ4v) is 2.70. The van der Waals surface area contributed by atoms with Crippen LogP contribution in [0.2, 0.25) is 0 Å². The number of hydrogen-bond acceptors (Lipinski definition) is 4. The van der Waals surface area contributed by atoms with Gasteiger partial charge in [-0.2, -0.15) is 0 Å². The van der Waals surface area contributed by atoms with E-state index in [-0.39, 0.29) is 17.7 Å². The number of carbonyl (C=O) groups excluding carboxylic acids is 3. The first-order valence-corrected chi connectivity index (χ1v) is 8.02. The van der Waals surface area contributed by atoms with Gasteiger partial charge >= 0.3 is 0 Å². The maximum atomic E-state index is 12.2. The smallest absolute Gasteiger partial charge is 0.261 e. The fraction of sp³-hybridized carbons (Fsp3) is 0.211. The number of nitrogens with zero attached hydrogens (tertiary/aromatic N) is 1. The van der Waals surface area contributed by atoms with Gasteiger partial charge in [0.2, 0.25) is 0 Å². The van der Waals surface area contributed by atoms with Gasteiger partial charge in [0.05, 0.1) is 17.7 Å². The first kappa shape index (κ1) is 16.7. The average molecular weight is 338 g/mol. The first-order valence-electron chi connectivity index (χ1n) is 8.02. The van der Waals surface area contributed by atoms with Crippen molar-refractivity contribution in [2.24, 2.45) is 0 Å². The number of ether oxygens (including phenoxy) is 1. The van der Waals surface area contributed by atoms with E-state index in [0.717, 1.165) is 0 Å². The predicted molar refractivity (Wildman–Crippen MR) is 91.8 cm³/mol. The number of rotatable bonds is 6. The normalized spacial score (nSPS) is 12.9. The van der Waals surface area contributed by atoms with Gasteiger partial charge in [0.25, 0.3) is 17.7 Å². The number of imide groups is 1. The van der Waals surface area contributed by atoms with E-state index in [1.807, 2.05) is 0 Å². The molecule has 1 N–H and O–H groups in total. The van der Waals surface area contributed by atoms with E-state index in [4.69, 9.17) is 4.74 Å². The molecule has 2 aromatic carbocycles. The van der Waals surface area contributed by atoms with Gasteiger partial charge in [0.1, 0.15) is 5.75 Å². The van der Waals surface area contributed by atoms with Crippen LogP contribution in [0.1, 0.15) is 37.5 Å². The molecular formula is C19H18N2O4. The topological polar surface area (TPSA) is 75.7 Å². The molecule has 6 heteroatoms. The summed E-state index contributed by atoms with van der Waals surface area (Å²) in [7, 11) is 1.58. The second-order valence-electron chi connectivity index (χ2n) is 5.61. The third-order valence-electron chi connectivity index (χ3n) is 4.02. The summed E-state index contributed by atoms with van der Waals surface area (Å²) in [5.41, 5.74) is 1.47. The maximum Gasteiger partial charge on any atom is 0.261 e. The van der Waals surface area contributed by atoms with E-state index in [0.29, 0.717) is 42.0 Å². The van der Waals surface area contributed by atoms with Gasteiger partial charge in [-0.1, -0.05) is 12.1 Å². The lowest BCUT2D eigenvalue weighted by Crippen LogP contribution is -2.31. The summed E-state index contributed by atoms with van der Waals surface area (Å²) in [6, 6.07) is 13.6. The molecule has 2 aromatic rings. The minimum atomic E-state index is -0.254. The van der Waals surface area contributed by atoms with E-state index in [1.165, 1.54) is 4.90 Å². The van der Waals surface area contributed by atoms with Crippen LogP contribution in [0.4, 0.5) is 0 Å². The highest BCUT2D eigenvalue weighted by Gasteiger charge is 2.34. The quantitative estimate of drug-likeness (QED) is 0.646. The van der Waals surface area contributed by atoms with Crippen LogP contribution >= 0.6 is 0 Å². The standard InChI is InChI=1S/C19H18N2O4/c1-20-17(22)13-7-9-14(10-8-13)25-12-4-11-21-18(23)15-5-2-3-6-16(15)19(21)24/h2-3,5-10H,4,11-12H2,1H3,(H,20,22). The molecule has 25 heavy (non-hydrogen) atoms. The van der Waals surface area contributed by atoms with Crippen molar-refractivity contribution in [1.82, 2.24) is 10.2 Å². The number of benzene rings is 2. The van der Waals surface area contributed by atoms with E-state index >= 15 is 0 Å². The molecule has 1 heterocycles.